The third-order valence-corrected chi connectivity index (χ3v) is 4.21. The summed E-state index contributed by atoms with van der Waals surface area (Å²) in [6, 6.07) is 2.04. The number of amides is 1. The predicted octanol–water partition coefficient (Wildman–Crippen LogP) is 3.45. The fraction of sp³-hybridized carbons (Fsp3) is 0.500. The highest BCUT2D eigenvalue weighted by atomic mass is 79.9. The van der Waals surface area contributed by atoms with Crippen LogP contribution in [0.3, 0.4) is 0 Å². The summed E-state index contributed by atoms with van der Waals surface area (Å²) >= 11 is 3.52. The van der Waals surface area contributed by atoms with Crippen LogP contribution in [0, 0.1) is 19.8 Å². The monoisotopic (exact) mass is 311 g/mol. The molecule has 3 nitrogen and oxygen atoms in total. The molecule has 0 aromatic heterocycles. The van der Waals surface area contributed by atoms with E-state index in [9.17, 15) is 4.79 Å². The summed E-state index contributed by atoms with van der Waals surface area (Å²) in [7, 11) is 1.82. The summed E-state index contributed by atoms with van der Waals surface area (Å²) in [5.41, 5.74) is 2.96. The molecule has 1 aromatic rings. The summed E-state index contributed by atoms with van der Waals surface area (Å²) in [5, 5.41) is 0. The van der Waals surface area contributed by atoms with Crippen LogP contribution in [-0.4, -0.2) is 19.1 Å². The van der Waals surface area contributed by atoms with E-state index in [2.05, 4.69) is 15.9 Å². The van der Waals surface area contributed by atoms with E-state index in [1.54, 1.807) is 4.90 Å². The number of carbonyl (C=O) groups excluding carboxylic acids is 1. The van der Waals surface area contributed by atoms with Crippen molar-refractivity contribution in [3.05, 3.63) is 21.7 Å². The zero-order chi connectivity index (χ0) is 13.6. The second-order valence-electron chi connectivity index (χ2n) is 5.16. The lowest BCUT2D eigenvalue weighted by Crippen LogP contribution is -2.47. The number of likely N-dealkylation sites (N-methyl/N-ethyl adjacent to an activating group) is 1. The number of aryl methyl sites for hydroxylation is 1. The number of hydrogen-bond donors (Lipinski definition) is 0. The van der Waals surface area contributed by atoms with Crippen LogP contribution in [0.15, 0.2) is 10.5 Å². The number of rotatable bonds is 1. The molecule has 1 unspecified atom stereocenters. The first kappa shape index (κ1) is 13.4. The standard InChI is InChI=1S/C14H18BrNO2/c1-7(2)12-14(17)16(5)11-9(4)10(15)6-8(3)13(11)18-12/h6-7,12H,1-5H3. The Morgan fingerprint density at radius 2 is 2.00 bits per heavy atom. The maximum Gasteiger partial charge on any atom is 0.268 e. The third-order valence-electron chi connectivity index (χ3n) is 3.39. The van der Waals surface area contributed by atoms with Crippen LogP contribution >= 0.6 is 15.9 Å². The van der Waals surface area contributed by atoms with Crippen LogP contribution in [0.4, 0.5) is 5.69 Å². The van der Waals surface area contributed by atoms with E-state index in [1.165, 1.54) is 0 Å². The summed E-state index contributed by atoms with van der Waals surface area (Å²) < 4.78 is 6.94. The maximum absolute atomic E-state index is 12.3. The summed E-state index contributed by atoms with van der Waals surface area (Å²) in [4.78, 5) is 14.0. The van der Waals surface area contributed by atoms with Crippen molar-refractivity contribution in [3.8, 4) is 5.75 Å². The van der Waals surface area contributed by atoms with Crippen molar-refractivity contribution >= 4 is 27.5 Å². The summed E-state index contributed by atoms with van der Waals surface area (Å²) in [6.45, 7) is 8.00. The molecule has 1 atom stereocenters. The van der Waals surface area contributed by atoms with E-state index in [-0.39, 0.29) is 17.9 Å². The Labute approximate surface area is 116 Å². The zero-order valence-electron chi connectivity index (χ0n) is 11.4. The molecule has 1 aliphatic heterocycles. The molecule has 0 radical (unpaired) electrons. The lowest BCUT2D eigenvalue weighted by Gasteiger charge is -2.36. The normalized spacial score (nSPS) is 18.9. The number of anilines is 1. The first-order chi connectivity index (χ1) is 8.34. The largest absolute Gasteiger partial charge is 0.478 e. The molecule has 0 spiro atoms. The topological polar surface area (TPSA) is 29.5 Å². The number of ether oxygens (including phenoxy) is 1. The van der Waals surface area contributed by atoms with Crippen molar-refractivity contribution in [3.63, 3.8) is 0 Å². The highest BCUT2D eigenvalue weighted by molar-refractivity contribution is 9.10. The second-order valence-corrected chi connectivity index (χ2v) is 6.01. The Morgan fingerprint density at radius 3 is 2.56 bits per heavy atom. The molecule has 98 valence electrons. The van der Waals surface area contributed by atoms with Crippen molar-refractivity contribution in [2.45, 2.75) is 33.8 Å². The summed E-state index contributed by atoms with van der Waals surface area (Å²) in [5.74, 6) is 1.02. The van der Waals surface area contributed by atoms with Crippen LogP contribution < -0.4 is 9.64 Å². The zero-order valence-corrected chi connectivity index (χ0v) is 13.0. The molecule has 1 heterocycles. The van der Waals surface area contributed by atoms with E-state index in [1.807, 2.05) is 40.8 Å². The van der Waals surface area contributed by atoms with Crippen molar-refractivity contribution in [1.29, 1.82) is 0 Å². The number of fused-ring (bicyclic) bond motifs is 1. The van der Waals surface area contributed by atoms with Gasteiger partial charge in [-0.2, -0.15) is 0 Å². The molecule has 0 saturated heterocycles. The van der Waals surface area contributed by atoms with Crippen molar-refractivity contribution in [2.24, 2.45) is 5.92 Å². The molecule has 1 amide bonds. The van der Waals surface area contributed by atoms with Gasteiger partial charge >= 0.3 is 0 Å². The maximum atomic E-state index is 12.3. The van der Waals surface area contributed by atoms with E-state index in [0.29, 0.717) is 0 Å². The fourth-order valence-electron chi connectivity index (χ4n) is 2.29. The van der Waals surface area contributed by atoms with Crippen LogP contribution in [-0.2, 0) is 4.79 Å². The number of hydrogen-bond acceptors (Lipinski definition) is 2. The first-order valence-electron chi connectivity index (χ1n) is 6.08. The van der Waals surface area contributed by atoms with Crippen LogP contribution in [0.2, 0.25) is 0 Å². The molecule has 0 N–H and O–H groups in total. The van der Waals surface area contributed by atoms with Crippen LogP contribution in [0.5, 0.6) is 5.75 Å². The molecule has 2 rings (SSSR count). The van der Waals surface area contributed by atoms with Crippen molar-refractivity contribution in [2.75, 3.05) is 11.9 Å². The molecule has 0 fully saturated rings. The van der Waals surface area contributed by atoms with E-state index < -0.39 is 0 Å². The molecule has 18 heavy (non-hydrogen) atoms. The smallest absolute Gasteiger partial charge is 0.268 e. The van der Waals surface area contributed by atoms with Gasteiger partial charge in [0.25, 0.3) is 5.91 Å². The lowest BCUT2D eigenvalue weighted by atomic mass is 10.0. The highest BCUT2D eigenvalue weighted by Crippen LogP contribution is 2.43. The van der Waals surface area contributed by atoms with Gasteiger partial charge in [-0.3, -0.25) is 4.79 Å². The third kappa shape index (κ3) is 1.92. The second kappa shape index (κ2) is 4.57. The number of carbonyl (C=O) groups is 1. The average Bonchev–Trinajstić information content (AvgIpc) is 2.29. The van der Waals surface area contributed by atoms with Gasteiger partial charge in [0.15, 0.2) is 6.10 Å². The number of halogens is 1. The molecule has 1 aromatic carbocycles. The Morgan fingerprint density at radius 1 is 1.39 bits per heavy atom. The van der Waals surface area contributed by atoms with Gasteiger partial charge in [-0.25, -0.2) is 0 Å². The van der Waals surface area contributed by atoms with Crippen LogP contribution in [0.1, 0.15) is 25.0 Å². The fourth-order valence-corrected chi connectivity index (χ4v) is 2.82. The van der Waals surface area contributed by atoms with Gasteiger partial charge in [-0.05, 0) is 37.0 Å². The molecule has 0 saturated carbocycles. The van der Waals surface area contributed by atoms with Gasteiger partial charge in [0.2, 0.25) is 0 Å². The van der Waals surface area contributed by atoms with Gasteiger partial charge in [-0.15, -0.1) is 0 Å². The van der Waals surface area contributed by atoms with Crippen molar-refractivity contribution in [1.82, 2.24) is 0 Å². The number of benzene rings is 1. The first-order valence-corrected chi connectivity index (χ1v) is 6.87. The minimum absolute atomic E-state index is 0.0260. The van der Waals surface area contributed by atoms with Crippen molar-refractivity contribution < 1.29 is 9.53 Å². The minimum atomic E-state index is -0.387. The molecule has 1 aliphatic rings. The van der Waals surface area contributed by atoms with E-state index in [0.717, 1.165) is 27.0 Å². The highest BCUT2D eigenvalue weighted by Gasteiger charge is 2.36. The molecular formula is C14H18BrNO2. The predicted molar refractivity (Wildman–Crippen MR) is 76.3 cm³/mol. The van der Waals surface area contributed by atoms with Crippen LogP contribution in [0.25, 0.3) is 0 Å². The van der Waals surface area contributed by atoms with Gasteiger partial charge in [0.05, 0.1) is 5.69 Å². The quantitative estimate of drug-likeness (QED) is 0.795. The molecule has 0 aliphatic carbocycles. The minimum Gasteiger partial charge on any atom is -0.478 e. The van der Waals surface area contributed by atoms with Gasteiger partial charge < -0.3 is 9.64 Å². The molecular weight excluding hydrogens is 294 g/mol. The van der Waals surface area contributed by atoms with E-state index >= 15 is 0 Å². The average molecular weight is 312 g/mol. The van der Waals surface area contributed by atoms with Gasteiger partial charge in [0.1, 0.15) is 5.75 Å². The van der Waals surface area contributed by atoms with E-state index in [4.69, 9.17) is 4.74 Å². The van der Waals surface area contributed by atoms with Gasteiger partial charge in [0, 0.05) is 11.5 Å². The molecule has 4 heteroatoms. The SMILES string of the molecule is Cc1cc(Br)c(C)c2c1OC(C(C)C)C(=O)N2C. The summed E-state index contributed by atoms with van der Waals surface area (Å²) in [6.07, 6.45) is -0.387. The lowest BCUT2D eigenvalue weighted by molar-refractivity contribution is -0.127. The van der Waals surface area contributed by atoms with Gasteiger partial charge in [-0.1, -0.05) is 29.8 Å². The Hall–Kier alpha value is -1.03. The number of nitrogens with zero attached hydrogens (tertiary/aromatic N) is 1. The Bertz CT molecular complexity index is 511. The Kier molecular flexibility index (Phi) is 3.41. The molecule has 0 bridgehead atoms. The Balaban J connectivity index is 2.62.